The zero-order valence-corrected chi connectivity index (χ0v) is 9.85. The van der Waals surface area contributed by atoms with Crippen molar-refractivity contribution < 1.29 is 10.2 Å². The summed E-state index contributed by atoms with van der Waals surface area (Å²) in [4.78, 5) is 0. The van der Waals surface area contributed by atoms with Crippen LogP contribution in [0.2, 0.25) is 0 Å². The van der Waals surface area contributed by atoms with Crippen LogP contribution < -0.4 is 0 Å². The van der Waals surface area contributed by atoms with Crippen LogP contribution >= 0.6 is 15.9 Å². The van der Waals surface area contributed by atoms with Crippen LogP contribution in [0, 0.1) is 0 Å². The Morgan fingerprint density at radius 1 is 1.50 bits per heavy atom. The van der Waals surface area contributed by atoms with Crippen LogP contribution in [0.15, 0.2) is 16.9 Å². The molecule has 2 N–H and O–H groups in total. The lowest BCUT2D eigenvalue weighted by Crippen LogP contribution is -2.25. The van der Waals surface area contributed by atoms with E-state index in [1.165, 1.54) is 0 Å². The molecule has 0 unspecified atom stereocenters. The SMILES string of the molecule is C[C@H](O)C[C@@H]([C@H](C)O)n1cc(Br)cn1. The Labute approximate surface area is 91.7 Å². The second-order valence-electron chi connectivity index (χ2n) is 3.53. The Kier molecular flexibility index (Phi) is 4.10. The van der Waals surface area contributed by atoms with Gasteiger partial charge in [-0.25, -0.2) is 0 Å². The van der Waals surface area contributed by atoms with Gasteiger partial charge in [-0.15, -0.1) is 0 Å². The van der Waals surface area contributed by atoms with Crippen LogP contribution in [-0.4, -0.2) is 32.2 Å². The summed E-state index contributed by atoms with van der Waals surface area (Å²) < 4.78 is 2.54. The maximum atomic E-state index is 9.54. The van der Waals surface area contributed by atoms with Crippen LogP contribution in [0.1, 0.15) is 26.3 Å². The molecule has 1 aromatic heterocycles. The minimum atomic E-state index is -0.531. The summed E-state index contributed by atoms with van der Waals surface area (Å²) in [5.74, 6) is 0. The first kappa shape index (κ1) is 11.7. The molecule has 0 amide bonds. The third-order valence-corrected chi connectivity index (χ3v) is 2.46. The summed E-state index contributed by atoms with van der Waals surface area (Å²) in [6, 6.07) is -0.179. The third-order valence-electron chi connectivity index (χ3n) is 2.05. The molecule has 1 aromatic rings. The van der Waals surface area contributed by atoms with E-state index in [-0.39, 0.29) is 6.04 Å². The van der Waals surface area contributed by atoms with E-state index >= 15 is 0 Å². The van der Waals surface area contributed by atoms with E-state index in [2.05, 4.69) is 21.0 Å². The number of hydrogen-bond donors (Lipinski definition) is 2. The van der Waals surface area contributed by atoms with Gasteiger partial charge in [0, 0.05) is 6.20 Å². The standard InChI is InChI=1S/C9H15BrN2O2/c1-6(13)3-9(7(2)14)12-5-8(10)4-11-12/h4-7,9,13-14H,3H2,1-2H3/t6-,7-,9-/m0/s1. The topological polar surface area (TPSA) is 58.3 Å². The normalized spacial score (nSPS) is 17.8. The lowest BCUT2D eigenvalue weighted by molar-refractivity contribution is 0.0779. The monoisotopic (exact) mass is 262 g/mol. The maximum absolute atomic E-state index is 9.54. The maximum Gasteiger partial charge on any atom is 0.0800 e. The number of aliphatic hydroxyl groups is 2. The summed E-state index contributed by atoms with van der Waals surface area (Å²) in [7, 11) is 0. The third kappa shape index (κ3) is 3.08. The molecule has 0 saturated carbocycles. The Morgan fingerprint density at radius 2 is 2.14 bits per heavy atom. The highest BCUT2D eigenvalue weighted by molar-refractivity contribution is 9.10. The van der Waals surface area contributed by atoms with Crippen LogP contribution in [0.5, 0.6) is 0 Å². The van der Waals surface area contributed by atoms with E-state index in [1.54, 1.807) is 30.9 Å². The number of nitrogens with zero attached hydrogens (tertiary/aromatic N) is 2. The molecule has 0 bridgehead atoms. The van der Waals surface area contributed by atoms with E-state index < -0.39 is 12.2 Å². The van der Waals surface area contributed by atoms with Crippen molar-refractivity contribution in [3.63, 3.8) is 0 Å². The van der Waals surface area contributed by atoms with Gasteiger partial charge in [-0.3, -0.25) is 4.68 Å². The second-order valence-corrected chi connectivity index (χ2v) is 4.45. The van der Waals surface area contributed by atoms with Crippen LogP contribution in [0.25, 0.3) is 0 Å². The number of halogens is 1. The van der Waals surface area contributed by atoms with Gasteiger partial charge in [-0.05, 0) is 36.2 Å². The van der Waals surface area contributed by atoms with E-state index in [4.69, 9.17) is 0 Å². The van der Waals surface area contributed by atoms with E-state index in [0.29, 0.717) is 6.42 Å². The summed E-state index contributed by atoms with van der Waals surface area (Å²) in [6.07, 6.45) is 2.97. The van der Waals surface area contributed by atoms with Gasteiger partial charge in [0.05, 0.1) is 28.9 Å². The zero-order chi connectivity index (χ0) is 10.7. The first-order valence-electron chi connectivity index (χ1n) is 4.56. The van der Waals surface area contributed by atoms with Crippen molar-refractivity contribution in [1.82, 2.24) is 9.78 Å². The van der Waals surface area contributed by atoms with Crippen molar-refractivity contribution in [3.8, 4) is 0 Å². The molecule has 1 heterocycles. The largest absolute Gasteiger partial charge is 0.393 e. The van der Waals surface area contributed by atoms with Gasteiger partial charge in [0.1, 0.15) is 0 Å². The first-order valence-corrected chi connectivity index (χ1v) is 5.35. The van der Waals surface area contributed by atoms with Gasteiger partial charge in [-0.1, -0.05) is 0 Å². The number of rotatable bonds is 4. The second kappa shape index (κ2) is 4.91. The number of hydrogen-bond acceptors (Lipinski definition) is 3. The predicted octanol–water partition coefficient (Wildman–Crippen LogP) is 1.34. The van der Waals surface area contributed by atoms with Gasteiger partial charge in [-0.2, -0.15) is 5.10 Å². The van der Waals surface area contributed by atoms with Gasteiger partial charge >= 0.3 is 0 Å². The lowest BCUT2D eigenvalue weighted by atomic mass is 10.1. The van der Waals surface area contributed by atoms with E-state index in [1.807, 2.05) is 0 Å². The lowest BCUT2D eigenvalue weighted by Gasteiger charge is -2.21. The molecule has 4 nitrogen and oxygen atoms in total. The molecule has 0 fully saturated rings. The molecule has 5 heteroatoms. The molecule has 1 rings (SSSR count). The fraction of sp³-hybridized carbons (Fsp3) is 0.667. The zero-order valence-electron chi connectivity index (χ0n) is 8.26. The highest BCUT2D eigenvalue weighted by atomic mass is 79.9. The van der Waals surface area contributed by atoms with Crippen LogP contribution in [0.4, 0.5) is 0 Å². The molecule has 80 valence electrons. The Bertz CT molecular complexity index is 286. The molecule has 0 spiro atoms. The van der Waals surface area contributed by atoms with Crippen molar-refractivity contribution in [2.75, 3.05) is 0 Å². The molecular weight excluding hydrogens is 248 g/mol. The van der Waals surface area contributed by atoms with Crippen LogP contribution in [-0.2, 0) is 0 Å². The number of aromatic nitrogens is 2. The van der Waals surface area contributed by atoms with Crippen molar-refractivity contribution in [3.05, 3.63) is 16.9 Å². The molecule has 0 aliphatic rings. The average Bonchev–Trinajstić information content (AvgIpc) is 2.46. The molecule has 0 aliphatic carbocycles. The van der Waals surface area contributed by atoms with Gasteiger partial charge in [0.15, 0.2) is 0 Å². The fourth-order valence-corrected chi connectivity index (χ4v) is 1.67. The first-order chi connectivity index (χ1) is 6.50. The molecule has 0 aliphatic heterocycles. The Hall–Kier alpha value is -0.390. The highest BCUT2D eigenvalue weighted by Gasteiger charge is 2.19. The quantitative estimate of drug-likeness (QED) is 0.861. The molecular formula is C9H15BrN2O2. The Balaban J connectivity index is 2.77. The molecule has 0 radical (unpaired) electrons. The molecule has 3 atom stereocenters. The van der Waals surface area contributed by atoms with Gasteiger partial charge in [0.2, 0.25) is 0 Å². The van der Waals surface area contributed by atoms with Crippen LogP contribution in [0.3, 0.4) is 0 Å². The predicted molar refractivity (Wildman–Crippen MR) is 56.9 cm³/mol. The molecule has 14 heavy (non-hydrogen) atoms. The summed E-state index contributed by atoms with van der Waals surface area (Å²) >= 11 is 3.29. The summed E-state index contributed by atoms with van der Waals surface area (Å²) in [5.41, 5.74) is 0. The molecule has 0 saturated heterocycles. The Morgan fingerprint density at radius 3 is 2.50 bits per heavy atom. The van der Waals surface area contributed by atoms with Crippen molar-refractivity contribution in [2.45, 2.75) is 38.5 Å². The summed E-state index contributed by atoms with van der Waals surface area (Å²) in [5, 5.41) is 22.9. The van der Waals surface area contributed by atoms with Crippen molar-refractivity contribution >= 4 is 15.9 Å². The smallest absolute Gasteiger partial charge is 0.0800 e. The van der Waals surface area contributed by atoms with Gasteiger partial charge < -0.3 is 10.2 Å². The highest BCUT2D eigenvalue weighted by Crippen LogP contribution is 2.19. The summed E-state index contributed by atoms with van der Waals surface area (Å²) in [6.45, 7) is 3.40. The minimum Gasteiger partial charge on any atom is -0.393 e. The number of aliphatic hydroxyl groups excluding tert-OH is 2. The van der Waals surface area contributed by atoms with E-state index in [9.17, 15) is 10.2 Å². The van der Waals surface area contributed by atoms with Crippen molar-refractivity contribution in [2.24, 2.45) is 0 Å². The average molecular weight is 263 g/mol. The van der Waals surface area contributed by atoms with Gasteiger partial charge in [0.25, 0.3) is 0 Å². The van der Waals surface area contributed by atoms with Crippen molar-refractivity contribution in [1.29, 1.82) is 0 Å². The minimum absolute atomic E-state index is 0.179. The molecule has 0 aromatic carbocycles. The van der Waals surface area contributed by atoms with E-state index in [0.717, 1.165) is 4.47 Å². The fourth-order valence-electron chi connectivity index (χ4n) is 1.37.